The lowest BCUT2D eigenvalue weighted by Gasteiger charge is -2.30. The number of aromatic nitrogens is 1. The zero-order valence-electron chi connectivity index (χ0n) is 15.0. The molecule has 1 aromatic carbocycles. The van der Waals surface area contributed by atoms with Gasteiger partial charge >= 0.3 is 0 Å². The zero-order valence-corrected chi connectivity index (χ0v) is 15.0. The molecule has 1 aromatic heterocycles. The molecular formula is C19H29N3O. The highest BCUT2D eigenvalue weighted by molar-refractivity contribution is 5.91. The number of rotatable bonds is 8. The highest BCUT2D eigenvalue weighted by Crippen LogP contribution is 2.28. The van der Waals surface area contributed by atoms with Gasteiger partial charge in [0.2, 0.25) is 0 Å². The lowest BCUT2D eigenvalue weighted by Crippen LogP contribution is -2.39. The monoisotopic (exact) mass is 315 g/mol. The van der Waals surface area contributed by atoms with E-state index in [9.17, 15) is 0 Å². The minimum atomic E-state index is 0.335. The number of nitrogens with zero attached hydrogens (tertiary/aromatic N) is 2. The minimum absolute atomic E-state index is 0.335. The van der Waals surface area contributed by atoms with Crippen molar-refractivity contribution in [2.75, 3.05) is 25.5 Å². The average Bonchev–Trinajstić information content (AvgIpc) is 2.54. The fourth-order valence-corrected chi connectivity index (χ4v) is 2.90. The van der Waals surface area contributed by atoms with E-state index in [0.29, 0.717) is 12.1 Å². The molecule has 0 aliphatic carbocycles. The number of hydrogen-bond acceptors (Lipinski definition) is 4. The first-order valence-electron chi connectivity index (χ1n) is 8.48. The van der Waals surface area contributed by atoms with Crippen molar-refractivity contribution in [1.29, 1.82) is 0 Å². The Morgan fingerprint density at radius 3 is 2.70 bits per heavy atom. The van der Waals surface area contributed by atoms with Gasteiger partial charge in [0.1, 0.15) is 5.75 Å². The van der Waals surface area contributed by atoms with E-state index < -0.39 is 0 Å². The van der Waals surface area contributed by atoms with Crippen LogP contribution in [0.25, 0.3) is 10.9 Å². The van der Waals surface area contributed by atoms with Gasteiger partial charge in [-0.3, -0.25) is 9.88 Å². The summed E-state index contributed by atoms with van der Waals surface area (Å²) < 4.78 is 5.42. The molecular weight excluding hydrogens is 286 g/mol. The molecule has 4 heteroatoms. The fourth-order valence-electron chi connectivity index (χ4n) is 2.90. The van der Waals surface area contributed by atoms with Gasteiger partial charge in [0.15, 0.2) is 0 Å². The van der Waals surface area contributed by atoms with Gasteiger partial charge in [-0.2, -0.15) is 0 Å². The number of hydrogen-bond donors (Lipinski definition) is 1. The molecule has 1 N–H and O–H groups in total. The number of anilines is 1. The summed E-state index contributed by atoms with van der Waals surface area (Å²) in [6.07, 6.45) is 3.01. The van der Waals surface area contributed by atoms with Crippen molar-refractivity contribution in [3.63, 3.8) is 0 Å². The van der Waals surface area contributed by atoms with E-state index in [1.165, 1.54) is 6.42 Å². The largest absolute Gasteiger partial charge is 0.497 e. The van der Waals surface area contributed by atoms with Crippen molar-refractivity contribution in [2.45, 2.75) is 46.2 Å². The van der Waals surface area contributed by atoms with Crippen LogP contribution < -0.4 is 10.1 Å². The van der Waals surface area contributed by atoms with E-state index in [1.54, 1.807) is 7.11 Å². The molecule has 2 rings (SSSR count). The molecule has 1 unspecified atom stereocenters. The summed E-state index contributed by atoms with van der Waals surface area (Å²) in [6, 6.07) is 8.97. The van der Waals surface area contributed by atoms with Crippen molar-refractivity contribution in [2.24, 2.45) is 0 Å². The topological polar surface area (TPSA) is 37.4 Å². The molecule has 0 aliphatic rings. The van der Waals surface area contributed by atoms with Crippen LogP contribution in [-0.2, 0) is 0 Å². The molecule has 126 valence electrons. The first-order valence-corrected chi connectivity index (χ1v) is 8.48. The van der Waals surface area contributed by atoms with Crippen LogP contribution in [0.2, 0.25) is 0 Å². The van der Waals surface area contributed by atoms with Crippen LogP contribution in [0.5, 0.6) is 5.75 Å². The van der Waals surface area contributed by atoms with Crippen molar-refractivity contribution in [3.8, 4) is 5.75 Å². The zero-order chi connectivity index (χ0) is 16.8. The normalized spacial score (nSPS) is 12.8. The smallest absolute Gasteiger partial charge is 0.121 e. The van der Waals surface area contributed by atoms with Gasteiger partial charge in [0, 0.05) is 36.3 Å². The average molecular weight is 315 g/mol. The van der Waals surface area contributed by atoms with Gasteiger partial charge in [0.25, 0.3) is 0 Å². The number of pyridine rings is 1. The van der Waals surface area contributed by atoms with Crippen molar-refractivity contribution in [1.82, 2.24) is 9.88 Å². The van der Waals surface area contributed by atoms with Gasteiger partial charge in [-0.15, -0.1) is 0 Å². The second-order valence-electron chi connectivity index (χ2n) is 6.38. The summed E-state index contributed by atoms with van der Waals surface area (Å²) in [5.41, 5.74) is 2.03. The van der Waals surface area contributed by atoms with Gasteiger partial charge in [-0.25, -0.2) is 0 Å². The van der Waals surface area contributed by atoms with Crippen LogP contribution in [0, 0.1) is 0 Å². The predicted octanol–water partition coefficient (Wildman–Crippen LogP) is 4.16. The summed E-state index contributed by atoms with van der Waals surface area (Å²) in [4.78, 5) is 7.04. The predicted molar refractivity (Wildman–Crippen MR) is 98.4 cm³/mol. The Bertz CT molecular complexity index is 627. The van der Waals surface area contributed by atoms with Crippen LogP contribution >= 0.6 is 0 Å². The molecule has 1 heterocycles. The SMILES string of the molecule is CCCN(CC(C)Nc1cc(OC)cc2cccnc12)C(C)C. The quantitative estimate of drug-likeness (QED) is 0.793. The van der Waals surface area contributed by atoms with Crippen LogP contribution in [0.4, 0.5) is 5.69 Å². The number of benzene rings is 1. The Kier molecular flexibility index (Phi) is 6.22. The molecule has 23 heavy (non-hydrogen) atoms. The van der Waals surface area contributed by atoms with Crippen LogP contribution in [0.3, 0.4) is 0 Å². The van der Waals surface area contributed by atoms with Crippen LogP contribution in [0.15, 0.2) is 30.5 Å². The minimum Gasteiger partial charge on any atom is -0.497 e. The first kappa shape index (κ1) is 17.5. The third-order valence-electron chi connectivity index (χ3n) is 4.07. The van der Waals surface area contributed by atoms with Crippen LogP contribution in [-0.4, -0.2) is 42.2 Å². The van der Waals surface area contributed by atoms with E-state index >= 15 is 0 Å². The standard InChI is InChI=1S/C19H29N3O/c1-6-10-22(14(2)3)13-15(4)21-18-12-17(23-5)11-16-8-7-9-20-19(16)18/h7-9,11-12,14-15,21H,6,10,13H2,1-5H3. The Hall–Kier alpha value is -1.81. The van der Waals surface area contributed by atoms with Crippen molar-refractivity contribution < 1.29 is 4.74 Å². The Balaban J connectivity index is 2.19. The van der Waals surface area contributed by atoms with Crippen molar-refractivity contribution in [3.05, 3.63) is 30.5 Å². The van der Waals surface area contributed by atoms with Gasteiger partial charge in [0.05, 0.1) is 18.3 Å². The van der Waals surface area contributed by atoms with Gasteiger partial charge in [-0.1, -0.05) is 13.0 Å². The van der Waals surface area contributed by atoms with E-state index in [4.69, 9.17) is 4.74 Å². The first-order chi connectivity index (χ1) is 11.0. The number of ether oxygens (including phenoxy) is 1. The van der Waals surface area contributed by atoms with E-state index in [1.807, 2.05) is 24.4 Å². The molecule has 0 radical (unpaired) electrons. The Labute approximate surface area is 139 Å². The van der Waals surface area contributed by atoms with Crippen molar-refractivity contribution >= 4 is 16.6 Å². The fraction of sp³-hybridized carbons (Fsp3) is 0.526. The maximum absolute atomic E-state index is 5.42. The summed E-state index contributed by atoms with van der Waals surface area (Å²) in [7, 11) is 1.70. The Morgan fingerprint density at radius 1 is 1.26 bits per heavy atom. The maximum Gasteiger partial charge on any atom is 0.121 e. The summed E-state index contributed by atoms with van der Waals surface area (Å²) in [5, 5.41) is 4.71. The number of nitrogens with one attached hydrogen (secondary N) is 1. The van der Waals surface area contributed by atoms with E-state index in [-0.39, 0.29) is 0 Å². The molecule has 0 bridgehead atoms. The van der Waals surface area contributed by atoms with Gasteiger partial charge < -0.3 is 10.1 Å². The summed E-state index contributed by atoms with van der Waals surface area (Å²) >= 11 is 0. The Morgan fingerprint density at radius 2 is 2.04 bits per heavy atom. The van der Waals surface area contributed by atoms with Crippen LogP contribution in [0.1, 0.15) is 34.1 Å². The molecule has 0 saturated carbocycles. The second kappa shape index (κ2) is 8.16. The molecule has 2 aromatic rings. The molecule has 0 spiro atoms. The number of fused-ring (bicyclic) bond motifs is 1. The second-order valence-corrected chi connectivity index (χ2v) is 6.38. The molecule has 4 nitrogen and oxygen atoms in total. The van der Waals surface area contributed by atoms with Gasteiger partial charge in [-0.05, 0) is 45.9 Å². The third kappa shape index (κ3) is 4.58. The molecule has 0 amide bonds. The van der Waals surface area contributed by atoms with E-state index in [2.05, 4.69) is 49.0 Å². The third-order valence-corrected chi connectivity index (χ3v) is 4.07. The van der Waals surface area contributed by atoms with E-state index in [0.717, 1.165) is 35.4 Å². The lowest BCUT2D eigenvalue weighted by atomic mass is 10.1. The highest BCUT2D eigenvalue weighted by atomic mass is 16.5. The maximum atomic E-state index is 5.42. The molecule has 0 fully saturated rings. The number of methoxy groups -OCH3 is 1. The lowest BCUT2D eigenvalue weighted by molar-refractivity contribution is 0.216. The summed E-state index contributed by atoms with van der Waals surface area (Å²) in [6.45, 7) is 11.1. The molecule has 0 aliphatic heterocycles. The molecule has 0 saturated heterocycles. The molecule has 1 atom stereocenters. The summed E-state index contributed by atoms with van der Waals surface area (Å²) in [5.74, 6) is 0.856. The highest BCUT2D eigenvalue weighted by Gasteiger charge is 2.14.